The van der Waals surface area contributed by atoms with Crippen LogP contribution in [0.3, 0.4) is 0 Å². The van der Waals surface area contributed by atoms with Crippen LogP contribution in [0.4, 0.5) is 10.2 Å². The second-order valence-electron chi connectivity index (χ2n) is 7.77. The number of nitrogens with one attached hydrogen (secondary N) is 1. The van der Waals surface area contributed by atoms with E-state index in [4.69, 9.17) is 6.42 Å². The normalized spacial score (nSPS) is 12.2. The van der Waals surface area contributed by atoms with Crippen molar-refractivity contribution < 1.29 is 9.18 Å². The molecule has 3 aromatic rings. The van der Waals surface area contributed by atoms with Gasteiger partial charge < -0.3 is 10.2 Å². The number of nitrogens with zero attached hydrogens (tertiary/aromatic N) is 4. The molecule has 3 rings (SSSR count). The second kappa shape index (κ2) is 10.6. The highest BCUT2D eigenvalue weighted by Gasteiger charge is 2.17. The van der Waals surface area contributed by atoms with Gasteiger partial charge in [0.25, 0.3) is 0 Å². The van der Waals surface area contributed by atoms with Crippen molar-refractivity contribution in [3.8, 4) is 12.3 Å². The van der Waals surface area contributed by atoms with Gasteiger partial charge in [-0.05, 0) is 50.7 Å². The third kappa shape index (κ3) is 5.74. The van der Waals surface area contributed by atoms with Crippen molar-refractivity contribution in [3.63, 3.8) is 0 Å². The van der Waals surface area contributed by atoms with Crippen molar-refractivity contribution >= 4 is 22.6 Å². The minimum Gasteiger partial charge on any atom is -0.307 e. The maximum Gasteiger partial charge on any atom is 0.249 e. The molecule has 1 atom stereocenters. The van der Waals surface area contributed by atoms with Gasteiger partial charge in [0.1, 0.15) is 18.0 Å². The lowest BCUT2D eigenvalue weighted by Crippen LogP contribution is -2.13. The number of benzene rings is 1. The molecule has 1 N–H and O–H groups in total. The summed E-state index contributed by atoms with van der Waals surface area (Å²) in [7, 11) is 3.86. The van der Waals surface area contributed by atoms with Crippen molar-refractivity contribution in [2.24, 2.45) is 0 Å². The number of halogens is 1. The first-order valence-electron chi connectivity index (χ1n) is 10.4. The van der Waals surface area contributed by atoms with E-state index >= 15 is 0 Å². The summed E-state index contributed by atoms with van der Waals surface area (Å²) < 4.78 is 13.8. The van der Waals surface area contributed by atoms with Crippen molar-refractivity contribution in [2.45, 2.75) is 25.7 Å². The molecule has 32 heavy (non-hydrogen) atoms. The summed E-state index contributed by atoms with van der Waals surface area (Å²) in [6.07, 6.45) is 13.3. The standard InChI is InChI=1S/C25H26FN5O/c1-5-18-12-17(9-10-21(18)26)13-19(6-2)25-20-14-23(27-15-22(20)28-16-29-25)30-24(32)8-7-11-31(3)4/h1,7-10,12,14-16,19H,6,11,13H2,2-4H3,(H,27,30,32)/b8-7+. The van der Waals surface area contributed by atoms with E-state index in [0.29, 0.717) is 24.3 Å². The van der Waals surface area contributed by atoms with Gasteiger partial charge >= 0.3 is 0 Å². The van der Waals surface area contributed by atoms with Gasteiger partial charge in [0.15, 0.2) is 0 Å². The Bertz CT molecular complexity index is 1180. The Balaban J connectivity index is 1.88. The van der Waals surface area contributed by atoms with Crippen LogP contribution < -0.4 is 5.32 Å². The molecule has 0 saturated heterocycles. The number of rotatable bonds is 8. The lowest BCUT2D eigenvalue weighted by atomic mass is 9.91. The van der Waals surface area contributed by atoms with Gasteiger partial charge in [-0.15, -0.1) is 6.42 Å². The molecule has 2 heterocycles. The summed E-state index contributed by atoms with van der Waals surface area (Å²) in [4.78, 5) is 27.3. The monoisotopic (exact) mass is 431 g/mol. The van der Waals surface area contributed by atoms with Crippen LogP contribution in [0.25, 0.3) is 10.9 Å². The summed E-state index contributed by atoms with van der Waals surface area (Å²) in [6.45, 7) is 2.74. The van der Waals surface area contributed by atoms with Crippen LogP contribution >= 0.6 is 0 Å². The number of carbonyl (C=O) groups is 1. The Hall–Kier alpha value is -3.63. The zero-order valence-corrected chi connectivity index (χ0v) is 18.5. The number of terminal acetylenes is 1. The molecular formula is C25H26FN5O. The highest BCUT2D eigenvalue weighted by molar-refractivity contribution is 5.99. The molecule has 0 spiro atoms. The van der Waals surface area contributed by atoms with Gasteiger partial charge in [0.05, 0.1) is 23.0 Å². The van der Waals surface area contributed by atoms with E-state index < -0.39 is 5.82 Å². The predicted molar refractivity (Wildman–Crippen MR) is 125 cm³/mol. The largest absolute Gasteiger partial charge is 0.307 e. The summed E-state index contributed by atoms with van der Waals surface area (Å²) in [5.41, 5.74) is 2.73. The number of amides is 1. The average Bonchev–Trinajstić information content (AvgIpc) is 2.78. The molecule has 6 nitrogen and oxygen atoms in total. The number of fused-ring (bicyclic) bond motifs is 1. The van der Waals surface area contributed by atoms with E-state index in [1.54, 1.807) is 30.5 Å². The van der Waals surface area contributed by atoms with Crippen molar-refractivity contribution in [2.75, 3.05) is 26.0 Å². The first kappa shape index (κ1) is 23.0. The Morgan fingerprint density at radius 1 is 1.28 bits per heavy atom. The van der Waals surface area contributed by atoms with Crippen molar-refractivity contribution in [1.29, 1.82) is 0 Å². The molecule has 0 radical (unpaired) electrons. The second-order valence-corrected chi connectivity index (χ2v) is 7.77. The van der Waals surface area contributed by atoms with E-state index in [9.17, 15) is 9.18 Å². The zero-order valence-electron chi connectivity index (χ0n) is 18.5. The van der Waals surface area contributed by atoms with Crippen LogP contribution in [0, 0.1) is 18.2 Å². The number of anilines is 1. The van der Waals surface area contributed by atoms with Gasteiger partial charge in [0.2, 0.25) is 5.91 Å². The van der Waals surface area contributed by atoms with Crippen molar-refractivity contribution in [3.05, 3.63) is 71.6 Å². The van der Waals surface area contributed by atoms with Gasteiger partial charge in [0, 0.05) is 23.9 Å². The lowest BCUT2D eigenvalue weighted by molar-refractivity contribution is -0.111. The fourth-order valence-electron chi connectivity index (χ4n) is 3.44. The Labute approximate surface area is 187 Å². The number of pyridine rings is 1. The molecule has 1 aromatic carbocycles. The molecule has 164 valence electrons. The maximum atomic E-state index is 13.8. The first-order valence-corrected chi connectivity index (χ1v) is 10.4. The van der Waals surface area contributed by atoms with E-state index in [-0.39, 0.29) is 17.4 Å². The Morgan fingerprint density at radius 2 is 2.09 bits per heavy atom. The molecule has 0 aliphatic heterocycles. The quantitative estimate of drug-likeness (QED) is 0.432. The molecule has 0 aliphatic rings. The van der Waals surface area contributed by atoms with Crippen LogP contribution in [0.15, 0.2) is 48.9 Å². The average molecular weight is 432 g/mol. The summed E-state index contributed by atoms with van der Waals surface area (Å²) in [6, 6.07) is 6.64. The predicted octanol–water partition coefficient (Wildman–Crippen LogP) is 3.94. The van der Waals surface area contributed by atoms with Crippen LogP contribution in [-0.2, 0) is 11.2 Å². The highest BCUT2D eigenvalue weighted by Crippen LogP contribution is 2.29. The molecule has 7 heteroatoms. The van der Waals surface area contributed by atoms with Crippen LogP contribution in [0.1, 0.15) is 36.1 Å². The maximum absolute atomic E-state index is 13.8. The molecule has 0 saturated carbocycles. The highest BCUT2D eigenvalue weighted by atomic mass is 19.1. The molecule has 0 aliphatic carbocycles. The lowest BCUT2D eigenvalue weighted by Gasteiger charge is -2.17. The van der Waals surface area contributed by atoms with Gasteiger partial charge in [-0.2, -0.15) is 0 Å². The molecule has 1 unspecified atom stereocenters. The van der Waals surface area contributed by atoms with E-state index in [0.717, 1.165) is 23.1 Å². The van der Waals surface area contributed by atoms with Crippen molar-refractivity contribution in [1.82, 2.24) is 19.9 Å². The minimum atomic E-state index is -0.400. The van der Waals surface area contributed by atoms with Gasteiger partial charge in [-0.3, -0.25) is 4.79 Å². The summed E-state index contributed by atoms with van der Waals surface area (Å²) in [5.74, 6) is 2.22. The fraction of sp³-hybridized carbons (Fsp3) is 0.280. The number of hydrogen-bond acceptors (Lipinski definition) is 5. The van der Waals surface area contributed by atoms with Crippen LogP contribution in [0.5, 0.6) is 0 Å². The third-order valence-corrected chi connectivity index (χ3v) is 5.09. The molecule has 1 amide bonds. The fourth-order valence-corrected chi connectivity index (χ4v) is 3.44. The van der Waals surface area contributed by atoms with Crippen LogP contribution in [-0.4, -0.2) is 46.4 Å². The van der Waals surface area contributed by atoms with E-state index in [1.807, 2.05) is 19.0 Å². The molecular weight excluding hydrogens is 405 g/mol. The van der Waals surface area contributed by atoms with Gasteiger partial charge in [-0.25, -0.2) is 19.3 Å². The summed E-state index contributed by atoms with van der Waals surface area (Å²) in [5, 5.41) is 3.61. The molecule has 0 bridgehead atoms. The van der Waals surface area contributed by atoms with E-state index in [1.165, 1.54) is 18.5 Å². The smallest absolute Gasteiger partial charge is 0.249 e. The SMILES string of the molecule is C#Cc1cc(CC(CC)c2ncnc3cnc(NC(=O)/C=C/CN(C)C)cc23)ccc1F. The van der Waals surface area contributed by atoms with Crippen LogP contribution in [0.2, 0.25) is 0 Å². The first-order chi connectivity index (χ1) is 15.4. The third-order valence-electron chi connectivity index (χ3n) is 5.09. The Kier molecular flexibility index (Phi) is 7.63. The molecule has 2 aromatic heterocycles. The number of aromatic nitrogens is 3. The van der Waals surface area contributed by atoms with E-state index in [2.05, 4.69) is 33.1 Å². The minimum absolute atomic E-state index is 0.0579. The topological polar surface area (TPSA) is 71.0 Å². The molecule has 0 fully saturated rings. The van der Waals surface area contributed by atoms with Gasteiger partial charge in [-0.1, -0.05) is 25.0 Å². The summed E-state index contributed by atoms with van der Waals surface area (Å²) >= 11 is 0. The number of carbonyl (C=O) groups excluding carboxylic acids is 1. The number of likely N-dealkylation sites (N-methyl/N-ethyl adjacent to an activating group) is 1. The number of hydrogen-bond donors (Lipinski definition) is 1. The zero-order chi connectivity index (χ0) is 23.1. The Morgan fingerprint density at radius 3 is 2.81 bits per heavy atom.